The van der Waals surface area contributed by atoms with E-state index in [1.54, 1.807) is 19.2 Å². The lowest BCUT2D eigenvalue weighted by Gasteiger charge is -2.12. The van der Waals surface area contributed by atoms with E-state index in [2.05, 4.69) is 22.2 Å². The van der Waals surface area contributed by atoms with Crippen LogP contribution in [-0.2, 0) is 0 Å². The SMILES string of the molecule is CCCCOc1ccc(C(=O)Nc2cc(-c3nc4ccccc4[nH]3)ccc2OC)cc1. The standard InChI is InChI=1S/C25H25N3O3/c1-3-4-15-31-19-12-9-17(10-13-19)25(29)28-22-16-18(11-14-23(22)30-2)24-26-20-7-5-6-8-21(20)27-24/h5-14,16H,3-4,15H2,1-2H3,(H,26,27)(H,28,29). The summed E-state index contributed by atoms with van der Waals surface area (Å²) < 4.78 is 11.1. The molecule has 1 aromatic heterocycles. The van der Waals surface area contributed by atoms with Gasteiger partial charge in [-0.2, -0.15) is 0 Å². The van der Waals surface area contributed by atoms with Crippen molar-refractivity contribution >= 4 is 22.6 Å². The first-order chi connectivity index (χ1) is 15.2. The minimum Gasteiger partial charge on any atom is -0.495 e. The predicted molar refractivity (Wildman–Crippen MR) is 123 cm³/mol. The summed E-state index contributed by atoms with van der Waals surface area (Å²) in [5.41, 5.74) is 3.82. The van der Waals surface area contributed by atoms with Gasteiger partial charge in [0.2, 0.25) is 0 Å². The van der Waals surface area contributed by atoms with Crippen LogP contribution in [0.4, 0.5) is 5.69 Å². The lowest BCUT2D eigenvalue weighted by atomic mass is 10.1. The van der Waals surface area contributed by atoms with Crippen LogP contribution in [0.25, 0.3) is 22.4 Å². The maximum atomic E-state index is 12.8. The highest BCUT2D eigenvalue weighted by Gasteiger charge is 2.13. The molecule has 0 aliphatic carbocycles. The first-order valence-corrected chi connectivity index (χ1v) is 10.4. The van der Waals surface area contributed by atoms with Gasteiger partial charge in [-0.25, -0.2) is 4.98 Å². The molecular formula is C25H25N3O3. The van der Waals surface area contributed by atoms with Crippen molar-refractivity contribution in [2.45, 2.75) is 19.8 Å². The number of nitrogens with zero attached hydrogens (tertiary/aromatic N) is 1. The molecule has 0 atom stereocenters. The number of hydrogen-bond acceptors (Lipinski definition) is 4. The number of carbonyl (C=O) groups is 1. The van der Waals surface area contributed by atoms with E-state index in [1.807, 2.05) is 54.6 Å². The van der Waals surface area contributed by atoms with Crippen LogP contribution in [0.1, 0.15) is 30.1 Å². The molecule has 1 amide bonds. The Bertz CT molecular complexity index is 1150. The first-order valence-electron chi connectivity index (χ1n) is 10.4. The van der Waals surface area contributed by atoms with Crippen LogP contribution in [0.3, 0.4) is 0 Å². The normalized spacial score (nSPS) is 10.8. The van der Waals surface area contributed by atoms with E-state index < -0.39 is 0 Å². The van der Waals surface area contributed by atoms with E-state index >= 15 is 0 Å². The van der Waals surface area contributed by atoms with Gasteiger partial charge in [-0.15, -0.1) is 0 Å². The van der Waals surface area contributed by atoms with Crippen molar-refractivity contribution in [1.82, 2.24) is 9.97 Å². The number of rotatable bonds is 8. The molecule has 6 nitrogen and oxygen atoms in total. The number of nitrogens with one attached hydrogen (secondary N) is 2. The molecule has 1 heterocycles. The number of ether oxygens (including phenoxy) is 2. The molecular weight excluding hydrogens is 390 g/mol. The van der Waals surface area contributed by atoms with Gasteiger partial charge in [0, 0.05) is 11.1 Å². The third-order valence-electron chi connectivity index (χ3n) is 4.99. The average Bonchev–Trinajstić information content (AvgIpc) is 3.24. The molecule has 0 saturated carbocycles. The Morgan fingerprint density at radius 1 is 1.06 bits per heavy atom. The van der Waals surface area contributed by atoms with E-state index in [0.29, 0.717) is 23.6 Å². The summed E-state index contributed by atoms with van der Waals surface area (Å²) in [5, 5.41) is 2.95. The van der Waals surface area contributed by atoms with Crippen LogP contribution < -0.4 is 14.8 Å². The van der Waals surface area contributed by atoms with Gasteiger partial charge in [0.25, 0.3) is 5.91 Å². The molecule has 0 bridgehead atoms. The first kappa shape index (κ1) is 20.5. The second kappa shape index (κ2) is 9.34. The smallest absolute Gasteiger partial charge is 0.255 e. The number of anilines is 1. The lowest BCUT2D eigenvalue weighted by molar-refractivity contribution is 0.102. The summed E-state index contributed by atoms with van der Waals surface area (Å²) in [4.78, 5) is 20.8. The fourth-order valence-corrected chi connectivity index (χ4v) is 3.27. The number of hydrogen-bond donors (Lipinski definition) is 2. The van der Waals surface area contributed by atoms with Crippen molar-refractivity contribution < 1.29 is 14.3 Å². The second-order valence-electron chi connectivity index (χ2n) is 7.20. The van der Waals surface area contributed by atoms with Gasteiger partial charge >= 0.3 is 0 Å². The Labute approximate surface area is 181 Å². The van der Waals surface area contributed by atoms with Crippen molar-refractivity contribution in [3.8, 4) is 22.9 Å². The van der Waals surface area contributed by atoms with E-state index in [1.165, 1.54) is 0 Å². The summed E-state index contributed by atoms with van der Waals surface area (Å²) in [7, 11) is 1.58. The number of unbranched alkanes of at least 4 members (excludes halogenated alkanes) is 1. The third kappa shape index (κ3) is 4.69. The number of amides is 1. The zero-order chi connectivity index (χ0) is 21.6. The largest absolute Gasteiger partial charge is 0.495 e. The molecule has 6 heteroatoms. The molecule has 4 aromatic rings. The Morgan fingerprint density at radius 2 is 1.87 bits per heavy atom. The van der Waals surface area contributed by atoms with Crippen LogP contribution in [0.5, 0.6) is 11.5 Å². The van der Waals surface area contributed by atoms with Gasteiger partial charge in [-0.05, 0) is 61.0 Å². The molecule has 3 aromatic carbocycles. The minimum atomic E-state index is -0.222. The number of fused-ring (bicyclic) bond motifs is 1. The summed E-state index contributed by atoms with van der Waals surface area (Å²) in [5.74, 6) is 1.84. The van der Waals surface area contributed by atoms with Crippen molar-refractivity contribution in [3.63, 3.8) is 0 Å². The predicted octanol–water partition coefficient (Wildman–Crippen LogP) is 5.67. The van der Waals surface area contributed by atoms with Crippen LogP contribution >= 0.6 is 0 Å². The summed E-state index contributed by atoms with van der Waals surface area (Å²) in [6, 6.07) is 20.6. The average molecular weight is 415 g/mol. The number of imidazole rings is 1. The highest BCUT2D eigenvalue weighted by molar-refractivity contribution is 6.05. The van der Waals surface area contributed by atoms with Crippen molar-refractivity contribution in [2.24, 2.45) is 0 Å². The Balaban J connectivity index is 1.54. The van der Waals surface area contributed by atoms with Gasteiger partial charge in [0.05, 0.1) is 30.4 Å². The third-order valence-corrected chi connectivity index (χ3v) is 4.99. The Morgan fingerprint density at radius 3 is 2.61 bits per heavy atom. The fourth-order valence-electron chi connectivity index (χ4n) is 3.27. The Kier molecular flexibility index (Phi) is 6.17. The molecule has 0 spiro atoms. The topological polar surface area (TPSA) is 76.2 Å². The van der Waals surface area contributed by atoms with Gasteiger partial charge < -0.3 is 19.8 Å². The highest BCUT2D eigenvalue weighted by atomic mass is 16.5. The number of carbonyl (C=O) groups excluding carboxylic acids is 1. The zero-order valence-corrected chi connectivity index (χ0v) is 17.6. The number of aromatic nitrogens is 2. The highest BCUT2D eigenvalue weighted by Crippen LogP contribution is 2.31. The van der Waals surface area contributed by atoms with Crippen molar-refractivity contribution in [2.75, 3.05) is 19.0 Å². The van der Waals surface area contributed by atoms with Crippen LogP contribution in [0.15, 0.2) is 66.7 Å². The molecule has 0 fully saturated rings. The number of para-hydroxylation sites is 2. The monoisotopic (exact) mass is 415 g/mol. The molecule has 0 radical (unpaired) electrons. The maximum Gasteiger partial charge on any atom is 0.255 e. The second-order valence-corrected chi connectivity index (χ2v) is 7.20. The van der Waals surface area contributed by atoms with Crippen LogP contribution in [0, 0.1) is 0 Å². The quantitative estimate of drug-likeness (QED) is 0.364. The zero-order valence-electron chi connectivity index (χ0n) is 17.6. The number of benzene rings is 3. The van der Waals surface area contributed by atoms with Gasteiger partial charge in [0.15, 0.2) is 0 Å². The van der Waals surface area contributed by atoms with E-state index in [-0.39, 0.29) is 5.91 Å². The molecule has 0 aliphatic rings. The molecule has 158 valence electrons. The van der Waals surface area contributed by atoms with Gasteiger partial charge in [-0.3, -0.25) is 4.79 Å². The van der Waals surface area contributed by atoms with E-state index in [0.717, 1.165) is 41.0 Å². The molecule has 0 aliphatic heterocycles. The summed E-state index contributed by atoms with van der Waals surface area (Å²) in [6.07, 6.45) is 2.08. The number of H-pyrrole nitrogens is 1. The molecule has 2 N–H and O–H groups in total. The van der Waals surface area contributed by atoms with E-state index in [9.17, 15) is 4.79 Å². The summed E-state index contributed by atoms with van der Waals surface area (Å²) in [6.45, 7) is 2.79. The lowest BCUT2D eigenvalue weighted by Crippen LogP contribution is -2.12. The maximum absolute atomic E-state index is 12.8. The van der Waals surface area contributed by atoms with Crippen molar-refractivity contribution in [1.29, 1.82) is 0 Å². The van der Waals surface area contributed by atoms with Crippen LogP contribution in [-0.4, -0.2) is 29.6 Å². The number of aromatic amines is 1. The van der Waals surface area contributed by atoms with Gasteiger partial charge in [-0.1, -0.05) is 25.5 Å². The molecule has 31 heavy (non-hydrogen) atoms. The molecule has 0 saturated heterocycles. The van der Waals surface area contributed by atoms with E-state index in [4.69, 9.17) is 9.47 Å². The minimum absolute atomic E-state index is 0.222. The number of methoxy groups -OCH3 is 1. The Hall–Kier alpha value is -3.80. The van der Waals surface area contributed by atoms with Crippen molar-refractivity contribution in [3.05, 3.63) is 72.3 Å². The fraction of sp³-hybridized carbons (Fsp3) is 0.200. The molecule has 4 rings (SSSR count). The van der Waals surface area contributed by atoms with Gasteiger partial charge in [0.1, 0.15) is 17.3 Å². The van der Waals surface area contributed by atoms with Crippen LogP contribution in [0.2, 0.25) is 0 Å². The molecule has 0 unspecified atom stereocenters. The summed E-state index contributed by atoms with van der Waals surface area (Å²) >= 11 is 0.